The van der Waals surface area contributed by atoms with Crippen molar-refractivity contribution in [2.75, 3.05) is 26.5 Å². The lowest BCUT2D eigenvalue weighted by molar-refractivity contribution is -0.384. The smallest absolute Gasteiger partial charge is 0.269 e. The first-order valence-electron chi connectivity index (χ1n) is 11.4. The van der Waals surface area contributed by atoms with E-state index in [-0.39, 0.29) is 11.6 Å². The minimum absolute atomic E-state index is 0.0535. The summed E-state index contributed by atoms with van der Waals surface area (Å²) in [7, 11) is 5.24. The van der Waals surface area contributed by atoms with E-state index in [1.54, 1.807) is 14.2 Å². The van der Waals surface area contributed by atoms with Gasteiger partial charge in [0.05, 0.1) is 30.5 Å². The molecule has 0 spiro atoms. The van der Waals surface area contributed by atoms with Gasteiger partial charge in [0.15, 0.2) is 5.16 Å². The lowest BCUT2D eigenvalue weighted by atomic mass is 10.0. The number of nitro benzene ring substituents is 1. The fourth-order valence-corrected chi connectivity index (χ4v) is 4.61. The van der Waals surface area contributed by atoms with Gasteiger partial charge in [-0.15, -0.1) is 0 Å². The first kappa shape index (κ1) is 25.8. The molecule has 0 aliphatic heterocycles. The number of hydrogen-bond acceptors (Lipinski definition) is 7. The van der Waals surface area contributed by atoms with Gasteiger partial charge in [-0.3, -0.25) is 14.9 Å². The Morgan fingerprint density at radius 3 is 2.05 bits per heavy atom. The molecule has 4 aromatic rings. The van der Waals surface area contributed by atoms with E-state index in [1.165, 1.54) is 36.0 Å². The lowest BCUT2D eigenvalue weighted by Gasteiger charge is -2.09. The molecular weight excluding hydrogens is 492 g/mol. The Morgan fingerprint density at radius 2 is 1.51 bits per heavy atom. The predicted molar refractivity (Wildman–Crippen MR) is 143 cm³/mol. The molecule has 0 bridgehead atoms. The van der Waals surface area contributed by atoms with E-state index in [0.29, 0.717) is 17.9 Å². The number of hydrogen-bond donors (Lipinski definition) is 1. The van der Waals surface area contributed by atoms with Gasteiger partial charge in [-0.2, -0.15) is 0 Å². The number of benzene rings is 3. The molecule has 9 nitrogen and oxygen atoms in total. The molecule has 10 heteroatoms. The third-order valence-corrected chi connectivity index (χ3v) is 6.77. The van der Waals surface area contributed by atoms with Crippen molar-refractivity contribution < 1.29 is 19.2 Å². The number of carbonyl (C=O) groups is 1. The number of carbonyl (C=O) groups excluding carboxylic acids is 1. The van der Waals surface area contributed by atoms with Gasteiger partial charge in [0.2, 0.25) is 0 Å². The Balaban J connectivity index is 1.51. The molecule has 1 N–H and O–H groups in total. The molecule has 0 unspecified atom stereocenters. The van der Waals surface area contributed by atoms with Crippen molar-refractivity contribution in [3.8, 4) is 34.0 Å². The molecule has 0 atom stereocenters. The van der Waals surface area contributed by atoms with E-state index in [1.807, 2.05) is 60.1 Å². The van der Waals surface area contributed by atoms with E-state index in [2.05, 4.69) is 5.32 Å². The average molecular weight is 519 g/mol. The van der Waals surface area contributed by atoms with Gasteiger partial charge in [0, 0.05) is 48.2 Å². The molecule has 1 aromatic heterocycles. The fraction of sp³-hybridized carbons (Fsp3) is 0.185. The van der Waals surface area contributed by atoms with Crippen LogP contribution in [0.25, 0.3) is 22.5 Å². The second-order valence-electron chi connectivity index (χ2n) is 8.02. The van der Waals surface area contributed by atoms with Gasteiger partial charge in [0.25, 0.3) is 11.6 Å². The number of ether oxygens (including phenoxy) is 2. The maximum Gasteiger partial charge on any atom is 0.269 e. The topological polar surface area (TPSA) is 109 Å². The number of rotatable bonds is 10. The number of nitrogens with one attached hydrogen (secondary N) is 1. The van der Waals surface area contributed by atoms with Gasteiger partial charge in [-0.1, -0.05) is 11.8 Å². The van der Waals surface area contributed by atoms with Crippen LogP contribution in [-0.2, 0) is 7.05 Å². The summed E-state index contributed by atoms with van der Waals surface area (Å²) in [6, 6.07) is 21.1. The summed E-state index contributed by atoms with van der Waals surface area (Å²) in [5, 5.41) is 14.5. The largest absolute Gasteiger partial charge is 0.497 e. The van der Waals surface area contributed by atoms with Crippen LogP contribution in [0.4, 0.5) is 5.69 Å². The Labute approximate surface area is 218 Å². The van der Waals surface area contributed by atoms with Gasteiger partial charge in [0.1, 0.15) is 11.5 Å². The third kappa shape index (κ3) is 5.92. The van der Waals surface area contributed by atoms with Crippen molar-refractivity contribution >= 4 is 23.4 Å². The summed E-state index contributed by atoms with van der Waals surface area (Å²) in [6.45, 7) is 0.406. The Morgan fingerprint density at radius 1 is 0.946 bits per heavy atom. The minimum Gasteiger partial charge on any atom is -0.497 e. The number of methoxy groups -OCH3 is 2. The van der Waals surface area contributed by atoms with Crippen LogP contribution in [0.2, 0.25) is 0 Å². The number of nitro groups is 1. The molecule has 37 heavy (non-hydrogen) atoms. The Kier molecular flexibility index (Phi) is 8.09. The van der Waals surface area contributed by atoms with E-state index >= 15 is 0 Å². The van der Waals surface area contributed by atoms with E-state index in [4.69, 9.17) is 14.5 Å². The van der Waals surface area contributed by atoms with Crippen molar-refractivity contribution in [2.24, 2.45) is 7.05 Å². The first-order chi connectivity index (χ1) is 17.9. The number of aromatic nitrogens is 2. The quantitative estimate of drug-likeness (QED) is 0.133. The zero-order valence-corrected chi connectivity index (χ0v) is 21.5. The van der Waals surface area contributed by atoms with Crippen molar-refractivity contribution in [1.82, 2.24) is 14.9 Å². The molecule has 0 radical (unpaired) electrons. The van der Waals surface area contributed by atoms with E-state index < -0.39 is 4.92 Å². The number of nitrogens with zero attached hydrogens (tertiary/aromatic N) is 3. The zero-order chi connectivity index (χ0) is 26.4. The molecule has 3 aromatic carbocycles. The van der Waals surface area contributed by atoms with Gasteiger partial charge >= 0.3 is 0 Å². The summed E-state index contributed by atoms with van der Waals surface area (Å²) in [5.74, 6) is 1.85. The van der Waals surface area contributed by atoms with Crippen LogP contribution in [0.5, 0.6) is 11.5 Å². The maximum atomic E-state index is 12.4. The van der Waals surface area contributed by atoms with Crippen molar-refractivity contribution in [1.29, 1.82) is 0 Å². The summed E-state index contributed by atoms with van der Waals surface area (Å²) >= 11 is 1.53. The van der Waals surface area contributed by atoms with Crippen molar-refractivity contribution in [3.05, 3.63) is 88.5 Å². The highest BCUT2D eigenvalue weighted by molar-refractivity contribution is 7.99. The Hall–Kier alpha value is -4.31. The number of amides is 1. The molecule has 0 aliphatic rings. The summed E-state index contributed by atoms with van der Waals surface area (Å²) in [6.07, 6.45) is 0. The highest BCUT2D eigenvalue weighted by atomic mass is 32.2. The van der Waals surface area contributed by atoms with Crippen LogP contribution < -0.4 is 14.8 Å². The molecule has 0 saturated carbocycles. The normalized spacial score (nSPS) is 10.7. The number of non-ortho nitro benzene ring substituents is 1. The molecule has 0 aliphatic carbocycles. The van der Waals surface area contributed by atoms with Crippen molar-refractivity contribution in [3.63, 3.8) is 0 Å². The molecule has 1 heterocycles. The fourth-order valence-electron chi connectivity index (χ4n) is 3.78. The second-order valence-corrected chi connectivity index (χ2v) is 9.08. The summed E-state index contributed by atoms with van der Waals surface area (Å²) in [5.41, 5.74) is 4.08. The van der Waals surface area contributed by atoms with Gasteiger partial charge < -0.3 is 19.4 Å². The third-order valence-electron chi connectivity index (χ3n) is 5.74. The number of thioether (sulfide) groups is 1. The predicted octanol–water partition coefficient (Wildman–Crippen LogP) is 5.20. The first-order valence-corrected chi connectivity index (χ1v) is 12.4. The highest BCUT2D eigenvalue weighted by Crippen LogP contribution is 2.36. The average Bonchev–Trinajstić information content (AvgIpc) is 3.26. The zero-order valence-electron chi connectivity index (χ0n) is 20.6. The summed E-state index contributed by atoms with van der Waals surface area (Å²) in [4.78, 5) is 27.6. The second kappa shape index (κ2) is 11.6. The van der Waals surface area contributed by atoms with E-state index in [9.17, 15) is 14.9 Å². The van der Waals surface area contributed by atoms with E-state index in [0.717, 1.165) is 39.2 Å². The molecule has 0 saturated heterocycles. The molecular formula is C27H26N4O5S. The van der Waals surface area contributed by atoms with Gasteiger partial charge in [-0.25, -0.2) is 4.98 Å². The highest BCUT2D eigenvalue weighted by Gasteiger charge is 2.19. The van der Waals surface area contributed by atoms with Crippen LogP contribution >= 0.6 is 11.8 Å². The standard InChI is InChI=1S/C27H26N4O5S/c1-30-25(19-8-14-23(36-3)15-9-19)24(18-6-12-22(35-2)13-7-18)29-27(30)37-17-16-28-26(32)20-4-10-21(11-5-20)31(33)34/h4-15H,16-17H2,1-3H3,(H,28,32). The Bertz CT molecular complexity index is 1380. The van der Waals surface area contributed by atoms with Crippen LogP contribution in [0.3, 0.4) is 0 Å². The molecule has 1 amide bonds. The number of imidazole rings is 1. The molecule has 0 fully saturated rings. The maximum absolute atomic E-state index is 12.4. The van der Waals surface area contributed by atoms with Crippen molar-refractivity contribution in [2.45, 2.75) is 5.16 Å². The molecule has 190 valence electrons. The van der Waals surface area contributed by atoms with Crippen LogP contribution in [0, 0.1) is 10.1 Å². The minimum atomic E-state index is -0.494. The summed E-state index contributed by atoms with van der Waals surface area (Å²) < 4.78 is 12.7. The van der Waals surface area contributed by atoms with Crippen LogP contribution in [0.1, 0.15) is 10.4 Å². The van der Waals surface area contributed by atoms with Crippen LogP contribution in [0.15, 0.2) is 78.0 Å². The SMILES string of the molecule is COc1ccc(-c2nc(SCCNC(=O)c3ccc([N+](=O)[O-])cc3)n(C)c2-c2ccc(OC)cc2)cc1. The van der Waals surface area contributed by atoms with Crippen LogP contribution in [-0.4, -0.2) is 46.9 Å². The van der Waals surface area contributed by atoms with Gasteiger partial charge in [-0.05, 0) is 60.7 Å². The lowest BCUT2D eigenvalue weighted by Crippen LogP contribution is -2.25. The monoisotopic (exact) mass is 518 g/mol. The molecule has 4 rings (SSSR count).